The van der Waals surface area contributed by atoms with Gasteiger partial charge in [0.25, 0.3) is 5.91 Å². The van der Waals surface area contributed by atoms with Crippen molar-refractivity contribution in [3.05, 3.63) is 56.5 Å². The highest BCUT2D eigenvalue weighted by Crippen LogP contribution is 2.43. The molecule has 1 N–H and O–H groups in total. The van der Waals surface area contributed by atoms with Crippen LogP contribution < -0.4 is 14.8 Å². The van der Waals surface area contributed by atoms with E-state index >= 15 is 0 Å². The summed E-state index contributed by atoms with van der Waals surface area (Å²) in [6.45, 7) is 5.44. The number of benzene rings is 2. The topological polar surface area (TPSA) is 88.2 Å². The van der Waals surface area contributed by atoms with Crippen LogP contribution in [0.25, 0.3) is 0 Å². The third-order valence-corrected chi connectivity index (χ3v) is 8.92. The first-order chi connectivity index (χ1) is 19.1. The molecule has 11 heteroatoms. The molecule has 0 bridgehead atoms. The summed E-state index contributed by atoms with van der Waals surface area (Å²) >= 11 is 18.8. The predicted octanol–water partition coefficient (Wildman–Crippen LogP) is 5.27. The third kappa shape index (κ3) is 6.35. The molecule has 1 spiro atoms. The Morgan fingerprint density at radius 2 is 1.73 bits per heavy atom. The summed E-state index contributed by atoms with van der Waals surface area (Å²) in [6.07, 6.45) is 3.05. The minimum absolute atomic E-state index is 0.0156. The normalized spacial score (nSPS) is 19.2. The minimum Gasteiger partial charge on any atom is -0.489 e. The summed E-state index contributed by atoms with van der Waals surface area (Å²) < 4.78 is 12.7. The van der Waals surface area contributed by atoms with Crippen LogP contribution in [0.3, 0.4) is 0 Å². The number of nitrogens with zero attached hydrogens (tertiary/aromatic N) is 2. The smallest absolute Gasteiger partial charge is 0.254 e. The van der Waals surface area contributed by atoms with Crippen LogP contribution in [0.5, 0.6) is 11.5 Å². The zero-order valence-corrected chi connectivity index (χ0v) is 24.6. The molecule has 2 amide bonds. The lowest BCUT2D eigenvalue weighted by Crippen LogP contribution is -2.52. The number of nitrogens with one attached hydrogen (secondary N) is 1. The number of piperidine rings is 2. The number of ether oxygens (including phenoxy) is 2. The van der Waals surface area contributed by atoms with Gasteiger partial charge in [0.15, 0.2) is 5.78 Å². The Kier molecular flexibility index (Phi) is 8.80. The fourth-order valence-corrected chi connectivity index (χ4v) is 6.42. The second-order valence-corrected chi connectivity index (χ2v) is 11.9. The molecule has 0 atom stereocenters. The number of halogens is 3. The lowest BCUT2D eigenvalue weighted by Gasteiger charge is -2.44. The lowest BCUT2D eigenvalue weighted by atomic mass is 9.82. The Bertz CT molecular complexity index is 1280. The fourth-order valence-electron chi connectivity index (χ4n) is 5.65. The Balaban J connectivity index is 1.16. The van der Waals surface area contributed by atoms with Gasteiger partial charge in [-0.25, -0.2) is 0 Å². The van der Waals surface area contributed by atoms with Gasteiger partial charge in [-0.1, -0.05) is 40.9 Å². The van der Waals surface area contributed by atoms with Gasteiger partial charge in [-0.05, 0) is 18.2 Å². The Labute approximate surface area is 248 Å². The molecule has 8 nitrogen and oxygen atoms in total. The van der Waals surface area contributed by atoms with E-state index in [0.29, 0.717) is 77.6 Å². The number of ketones is 1. The summed E-state index contributed by atoms with van der Waals surface area (Å²) in [5.41, 5.74) is 0.186. The Hall–Kier alpha value is -2.52. The first-order valence-corrected chi connectivity index (χ1v) is 14.7. The molecule has 40 heavy (non-hydrogen) atoms. The highest BCUT2D eigenvalue weighted by molar-refractivity contribution is 6.39. The second kappa shape index (κ2) is 12.1. The quantitative estimate of drug-likeness (QED) is 0.481. The molecule has 0 saturated carbocycles. The monoisotopic (exact) mass is 607 g/mol. The molecular weight excluding hydrogens is 577 g/mol. The van der Waals surface area contributed by atoms with Gasteiger partial charge in [-0.2, -0.15) is 0 Å². The number of amides is 2. The van der Waals surface area contributed by atoms with Gasteiger partial charge in [-0.3, -0.25) is 14.4 Å². The lowest BCUT2D eigenvalue weighted by molar-refractivity contribution is -0.130. The van der Waals surface area contributed by atoms with Crippen LogP contribution in [0, 0.1) is 0 Å². The van der Waals surface area contributed by atoms with Gasteiger partial charge < -0.3 is 24.6 Å². The number of hydrogen-bond acceptors (Lipinski definition) is 6. The SMILES string of the molecule is CC(=O)N1CCC(Oc2cc3c(cc2Cl)C(=O)CC2(CCN(CCNC(=O)c4c(Cl)cccc4Cl)CC2)O3)CC1. The van der Waals surface area contributed by atoms with Gasteiger partial charge >= 0.3 is 0 Å². The van der Waals surface area contributed by atoms with E-state index in [1.807, 2.05) is 4.90 Å². The Morgan fingerprint density at radius 3 is 2.38 bits per heavy atom. The molecule has 0 aromatic heterocycles. The van der Waals surface area contributed by atoms with E-state index in [1.54, 1.807) is 37.3 Å². The van der Waals surface area contributed by atoms with Crippen LogP contribution in [0.15, 0.2) is 30.3 Å². The summed E-state index contributed by atoms with van der Waals surface area (Å²) in [5, 5.41) is 3.91. The molecule has 0 aliphatic carbocycles. The molecule has 0 unspecified atom stereocenters. The maximum atomic E-state index is 13.1. The molecule has 3 aliphatic heterocycles. The number of carbonyl (C=O) groups is 3. The van der Waals surface area contributed by atoms with Gasteiger partial charge in [-0.15, -0.1) is 0 Å². The number of hydrogen-bond donors (Lipinski definition) is 1. The van der Waals surface area contributed by atoms with Crippen LogP contribution in [-0.2, 0) is 4.79 Å². The summed E-state index contributed by atoms with van der Waals surface area (Å²) in [7, 11) is 0. The van der Waals surface area contributed by atoms with Gasteiger partial charge in [0.05, 0.1) is 32.6 Å². The van der Waals surface area contributed by atoms with Crippen LogP contribution in [0.1, 0.15) is 59.7 Å². The van der Waals surface area contributed by atoms with Crippen molar-refractivity contribution < 1.29 is 23.9 Å². The molecule has 3 aliphatic rings. The average Bonchev–Trinajstić information content (AvgIpc) is 2.91. The summed E-state index contributed by atoms with van der Waals surface area (Å²) in [6, 6.07) is 8.37. The molecule has 2 saturated heterocycles. The van der Waals surface area contributed by atoms with E-state index in [1.165, 1.54) is 0 Å². The number of likely N-dealkylation sites (tertiary alicyclic amines) is 2. The standard InChI is InChI=1S/C29H32Cl3N3O5/c1-18(36)35-10-5-19(6-11-35)39-26-16-25-20(15-23(26)32)24(37)17-29(40-25)7-12-34(13-8-29)14-9-33-28(38)27-21(30)3-2-4-22(27)31/h2-4,15-16,19H,5-14,17H2,1H3,(H,33,38). The molecule has 214 valence electrons. The van der Waals surface area contributed by atoms with Crippen molar-refractivity contribution in [1.82, 2.24) is 15.1 Å². The molecule has 2 fully saturated rings. The molecule has 0 radical (unpaired) electrons. The van der Waals surface area contributed by atoms with Crippen molar-refractivity contribution in [3.63, 3.8) is 0 Å². The van der Waals surface area contributed by atoms with Crippen molar-refractivity contribution in [2.45, 2.75) is 50.7 Å². The second-order valence-electron chi connectivity index (χ2n) is 10.7. The largest absolute Gasteiger partial charge is 0.489 e. The number of fused-ring (bicyclic) bond motifs is 1. The first-order valence-electron chi connectivity index (χ1n) is 13.6. The summed E-state index contributed by atoms with van der Waals surface area (Å²) in [4.78, 5) is 41.4. The minimum atomic E-state index is -0.577. The molecule has 3 heterocycles. The number of carbonyl (C=O) groups excluding carboxylic acids is 3. The van der Waals surface area contributed by atoms with Crippen molar-refractivity contribution in [3.8, 4) is 11.5 Å². The van der Waals surface area contributed by atoms with Crippen molar-refractivity contribution in [2.24, 2.45) is 0 Å². The van der Waals surface area contributed by atoms with E-state index in [4.69, 9.17) is 44.3 Å². The molecule has 2 aromatic carbocycles. The first kappa shape index (κ1) is 29.0. The van der Waals surface area contributed by atoms with E-state index in [9.17, 15) is 14.4 Å². The van der Waals surface area contributed by atoms with Crippen molar-refractivity contribution in [1.29, 1.82) is 0 Å². The summed E-state index contributed by atoms with van der Waals surface area (Å²) in [5.74, 6) is 0.789. The number of Topliss-reactive ketones (excluding diaryl/α,β-unsaturated/α-hetero) is 1. The van der Waals surface area contributed by atoms with Crippen LogP contribution in [-0.4, -0.2) is 78.4 Å². The third-order valence-electron chi connectivity index (χ3n) is 8.00. The molecular formula is C29H32Cl3N3O5. The zero-order valence-electron chi connectivity index (χ0n) is 22.3. The van der Waals surface area contributed by atoms with Crippen molar-refractivity contribution in [2.75, 3.05) is 39.3 Å². The number of rotatable bonds is 6. The van der Waals surface area contributed by atoms with Crippen LogP contribution in [0.4, 0.5) is 0 Å². The predicted molar refractivity (Wildman–Crippen MR) is 154 cm³/mol. The maximum Gasteiger partial charge on any atom is 0.254 e. The molecule has 2 aromatic rings. The van der Waals surface area contributed by atoms with Gasteiger partial charge in [0.1, 0.15) is 23.2 Å². The average molecular weight is 609 g/mol. The zero-order chi connectivity index (χ0) is 28.4. The highest BCUT2D eigenvalue weighted by Gasteiger charge is 2.43. The van der Waals surface area contributed by atoms with E-state index in [-0.39, 0.29) is 29.3 Å². The Morgan fingerprint density at radius 1 is 1.05 bits per heavy atom. The van der Waals surface area contributed by atoms with Crippen LogP contribution in [0.2, 0.25) is 15.1 Å². The van der Waals surface area contributed by atoms with E-state index in [0.717, 1.165) is 25.9 Å². The van der Waals surface area contributed by atoms with E-state index < -0.39 is 5.60 Å². The van der Waals surface area contributed by atoms with Crippen LogP contribution >= 0.6 is 34.8 Å². The van der Waals surface area contributed by atoms with Gasteiger partial charge in [0, 0.05) is 77.9 Å². The van der Waals surface area contributed by atoms with E-state index in [2.05, 4.69) is 10.2 Å². The fraction of sp³-hybridized carbons (Fsp3) is 0.483. The van der Waals surface area contributed by atoms with Crippen molar-refractivity contribution >= 4 is 52.4 Å². The highest BCUT2D eigenvalue weighted by atomic mass is 35.5. The molecule has 5 rings (SSSR count). The van der Waals surface area contributed by atoms with Gasteiger partial charge in [0.2, 0.25) is 5.91 Å². The maximum absolute atomic E-state index is 13.1.